The second kappa shape index (κ2) is 9.57. The predicted molar refractivity (Wildman–Crippen MR) is 183 cm³/mol. The lowest BCUT2D eigenvalue weighted by Gasteiger charge is -2.30. The van der Waals surface area contributed by atoms with Gasteiger partial charge in [0.1, 0.15) is 11.5 Å². The molecule has 0 saturated heterocycles. The highest BCUT2D eigenvalue weighted by Crippen LogP contribution is 2.53. The molecule has 7 aromatic carbocycles. The highest BCUT2D eigenvalue weighted by Gasteiger charge is 2.40. The molecule has 0 amide bonds. The zero-order chi connectivity index (χ0) is 29.3. The van der Waals surface area contributed by atoms with Crippen LogP contribution in [0, 0.1) is 0 Å². The van der Waals surface area contributed by atoms with Crippen molar-refractivity contribution in [2.24, 2.45) is 0 Å². The highest BCUT2D eigenvalue weighted by molar-refractivity contribution is 7.86. The zero-order valence-corrected chi connectivity index (χ0v) is 24.6. The summed E-state index contributed by atoms with van der Waals surface area (Å²) in [4.78, 5) is 0. The number of nitrogens with zero attached hydrogens (tertiary/aromatic N) is 1. The van der Waals surface area contributed by atoms with Crippen LogP contribution in [0.15, 0.2) is 158 Å². The van der Waals surface area contributed by atoms with Crippen LogP contribution in [0.25, 0.3) is 49.4 Å². The average Bonchev–Trinajstić information content (AvgIpc) is 3.42. The van der Waals surface area contributed by atoms with Crippen LogP contribution in [0.4, 0.5) is 0 Å². The molecule has 0 fully saturated rings. The Morgan fingerprint density at radius 1 is 0.455 bits per heavy atom. The van der Waals surface area contributed by atoms with Crippen molar-refractivity contribution in [3.8, 4) is 28.3 Å². The Bertz CT molecular complexity index is 2410. The third-order valence-corrected chi connectivity index (χ3v) is 12.0. The summed E-state index contributed by atoms with van der Waals surface area (Å²) in [5, 5.41) is 6.86. The van der Waals surface area contributed by atoms with Crippen LogP contribution in [0.2, 0.25) is 0 Å². The number of hydrogen-bond donors (Lipinski definition) is 0. The van der Waals surface area contributed by atoms with Crippen LogP contribution in [-0.2, 0) is 4.57 Å². The van der Waals surface area contributed by atoms with Gasteiger partial charge in [0.15, 0.2) is 7.14 Å². The normalized spacial score (nSPS) is 15.6. The number of hydrogen-bond acceptors (Lipinski definition) is 2. The minimum absolute atomic E-state index is 0.639. The Kier molecular flexibility index (Phi) is 5.47. The fourth-order valence-corrected chi connectivity index (χ4v) is 9.90. The Morgan fingerprint density at radius 2 is 1.05 bits per heavy atom. The Morgan fingerprint density at radius 3 is 1.86 bits per heavy atom. The first kappa shape index (κ1) is 25.2. The van der Waals surface area contributed by atoms with Gasteiger partial charge in [0.05, 0.1) is 21.6 Å². The maximum Gasteiger partial charge on any atom is 0.178 e. The summed E-state index contributed by atoms with van der Waals surface area (Å²) in [6, 6.07) is 53.9. The van der Waals surface area contributed by atoms with E-state index in [1.807, 2.05) is 60.7 Å². The first-order valence-corrected chi connectivity index (χ1v) is 16.5. The van der Waals surface area contributed by atoms with E-state index in [0.29, 0.717) is 11.5 Å². The zero-order valence-electron chi connectivity index (χ0n) is 23.7. The van der Waals surface area contributed by atoms with Crippen LogP contribution in [0.3, 0.4) is 0 Å². The van der Waals surface area contributed by atoms with Gasteiger partial charge < -0.3 is 13.9 Å². The average molecular weight is 584 g/mol. The number of para-hydroxylation sites is 3. The molecule has 0 spiro atoms. The summed E-state index contributed by atoms with van der Waals surface area (Å²) in [5.41, 5.74) is 5.51. The molecule has 2 heterocycles. The first-order valence-electron chi connectivity index (χ1n) is 14.8. The van der Waals surface area contributed by atoms with Crippen molar-refractivity contribution in [1.29, 1.82) is 0 Å². The predicted octanol–water partition coefficient (Wildman–Crippen LogP) is 9.35. The molecular weight excluding hydrogens is 557 g/mol. The van der Waals surface area contributed by atoms with Gasteiger partial charge in [0.2, 0.25) is 0 Å². The number of rotatable bonds is 3. The third-order valence-electron chi connectivity index (χ3n) is 8.85. The molecule has 1 unspecified atom stereocenters. The van der Waals surface area contributed by atoms with E-state index in [1.165, 1.54) is 21.8 Å². The van der Waals surface area contributed by atoms with Crippen LogP contribution in [-0.4, -0.2) is 4.57 Å². The molecule has 1 aliphatic rings. The smallest absolute Gasteiger partial charge is 0.178 e. The molecule has 208 valence electrons. The van der Waals surface area contributed by atoms with E-state index < -0.39 is 7.14 Å². The highest BCUT2D eigenvalue weighted by atomic mass is 31.2. The SMILES string of the molecule is O=P1(c2cccc3ccccc23)c2ccccc2Oc2cc(-c3cccc(-n4c5ccccc5c5ccccc54)c3)ccc21. The van der Waals surface area contributed by atoms with Crippen molar-refractivity contribution in [3.63, 3.8) is 0 Å². The van der Waals surface area contributed by atoms with Gasteiger partial charge in [-0.1, -0.05) is 109 Å². The lowest BCUT2D eigenvalue weighted by Crippen LogP contribution is -2.31. The van der Waals surface area contributed by atoms with Crippen molar-refractivity contribution >= 4 is 55.6 Å². The van der Waals surface area contributed by atoms with Gasteiger partial charge in [-0.05, 0) is 70.4 Å². The van der Waals surface area contributed by atoms with Crippen LogP contribution in [0.5, 0.6) is 11.5 Å². The fraction of sp³-hybridized carbons (Fsp3) is 0. The molecule has 8 aromatic rings. The lowest BCUT2D eigenvalue weighted by atomic mass is 10.0. The van der Waals surface area contributed by atoms with Crippen LogP contribution in [0.1, 0.15) is 0 Å². The topological polar surface area (TPSA) is 31.2 Å². The standard InChI is InChI=1S/C40H26NO2P/c42-44(38-22-10-12-27-11-1-2-15-31(27)38)39-21-8-7-20-36(39)43-37-26-29(23-24-40(37)44)28-13-9-14-30(25-28)41-34-18-5-3-16-32(34)33-17-4-6-19-35(33)41/h1-26H. The van der Waals surface area contributed by atoms with E-state index in [1.54, 1.807) is 0 Å². The molecule has 0 N–H and O–H groups in total. The molecule has 0 radical (unpaired) electrons. The van der Waals surface area contributed by atoms with Crippen molar-refractivity contribution in [3.05, 3.63) is 158 Å². The van der Waals surface area contributed by atoms with Gasteiger partial charge in [-0.3, -0.25) is 0 Å². The van der Waals surface area contributed by atoms with Gasteiger partial charge in [-0.25, -0.2) is 0 Å². The molecule has 1 aliphatic heterocycles. The maximum absolute atomic E-state index is 15.5. The summed E-state index contributed by atoms with van der Waals surface area (Å²) in [6.07, 6.45) is 0. The summed E-state index contributed by atoms with van der Waals surface area (Å²) in [6.45, 7) is 0. The second-order valence-electron chi connectivity index (χ2n) is 11.3. The summed E-state index contributed by atoms with van der Waals surface area (Å²) < 4.78 is 24.4. The molecule has 3 nitrogen and oxygen atoms in total. The van der Waals surface area contributed by atoms with E-state index in [0.717, 1.165) is 43.5 Å². The molecule has 44 heavy (non-hydrogen) atoms. The number of aromatic nitrogens is 1. The van der Waals surface area contributed by atoms with Gasteiger partial charge in [0, 0.05) is 21.8 Å². The summed E-state index contributed by atoms with van der Waals surface area (Å²) >= 11 is 0. The number of fused-ring (bicyclic) bond motifs is 6. The van der Waals surface area contributed by atoms with Crippen molar-refractivity contribution < 1.29 is 9.30 Å². The second-order valence-corrected chi connectivity index (χ2v) is 13.9. The fourth-order valence-electron chi connectivity index (χ4n) is 6.86. The molecule has 0 saturated carbocycles. The van der Waals surface area contributed by atoms with E-state index in [2.05, 4.69) is 102 Å². The van der Waals surface area contributed by atoms with Crippen molar-refractivity contribution in [2.75, 3.05) is 0 Å². The van der Waals surface area contributed by atoms with Gasteiger partial charge in [-0.15, -0.1) is 0 Å². The Hall–Kier alpha value is -5.37. The molecule has 9 rings (SSSR count). The number of ether oxygens (including phenoxy) is 1. The van der Waals surface area contributed by atoms with Gasteiger partial charge in [-0.2, -0.15) is 0 Å². The monoisotopic (exact) mass is 583 g/mol. The summed E-state index contributed by atoms with van der Waals surface area (Å²) in [7, 11) is -3.24. The van der Waals surface area contributed by atoms with Gasteiger partial charge in [0.25, 0.3) is 0 Å². The van der Waals surface area contributed by atoms with Crippen molar-refractivity contribution in [2.45, 2.75) is 0 Å². The van der Waals surface area contributed by atoms with Crippen molar-refractivity contribution in [1.82, 2.24) is 4.57 Å². The largest absolute Gasteiger partial charge is 0.456 e. The van der Waals surface area contributed by atoms with Crippen LogP contribution < -0.4 is 20.7 Å². The van der Waals surface area contributed by atoms with E-state index in [-0.39, 0.29) is 0 Å². The maximum atomic E-state index is 15.5. The Labute approximate surface area is 255 Å². The first-order chi connectivity index (χ1) is 21.7. The summed E-state index contributed by atoms with van der Waals surface area (Å²) in [5.74, 6) is 1.28. The van der Waals surface area contributed by atoms with Gasteiger partial charge >= 0.3 is 0 Å². The minimum Gasteiger partial charge on any atom is -0.456 e. The lowest BCUT2D eigenvalue weighted by molar-refractivity contribution is 0.485. The van der Waals surface area contributed by atoms with Crippen LogP contribution >= 0.6 is 7.14 Å². The molecule has 1 aromatic heterocycles. The third kappa shape index (κ3) is 3.60. The molecular formula is C40H26NO2P. The molecule has 0 bridgehead atoms. The van der Waals surface area contributed by atoms with E-state index in [4.69, 9.17) is 4.74 Å². The molecule has 1 atom stereocenters. The van der Waals surface area contributed by atoms with E-state index >= 15 is 4.57 Å². The minimum atomic E-state index is -3.24. The molecule has 0 aliphatic carbocycles. The quantitative estimate of drug-likeness (QED) is 0.194. The molecule has 4 heteroatoms. The Balaban J connectivity index is 1.22. The number of benzene rings is 7. The van der Waals surface area contributed by atoms with E-state index in [9.17, 15) is 0 Å².